The van der Waals surface area contributed by atoms with Gasteiger partial charge < -0.3 is 15.1 Å². The van der Waals surface area contributed by atoms with Crippen molar-refractivity contribution in [3.8, 4) is 0 Å². The van der Waals surface area contributed by atoms with Gasteiger partial charge in [0.2, 0.25) is 5.95 Å². The quantitative estimate of drug-likeness (QED) is 0.763. The number of nitrogens with one attached hydrogen (secondary N) is 1. The summed E-state index contributed by atoms with van der Waals surface area (Å²) < 4.78 is 0. The molecule has 1 fully saturated rings. The lowest BCUT2D eigenvalue weighted by Crippen LogP contribution is -2.45. The van der Waals surface area contributed by atoms with Gasteiger partial charge in [-0.05, 0) is 20.0 Å². The maximum absolute atomic E-state index is 6.35. The topological polar surface area (TPSA) is 44.3 Å². The Labute approximate surface area is 119 Å². The Kier molecular flexibility index (Phi) is 3.86. The van der Waals surface area contributed by atoms with Gasteiger partial charge in [0.25, 0.3) is 0 Å². The molecule has 1 N–H and O–H groups in total. The van der Waals surface area contributed by atoms with Crippen molar-refractivity contribution in [2.75, 3.05) is 51.2 Å². The van der Waals surface area contributed by atoms with Crippen LogP contribution in [0.4, 0.5) is 5.95 Å². The van der Waals surface area contributed by atoms with Gasteiger partial charge in [-0.2, -0.15) is 0 Å². The number of anilines is 1. The summed E-state index contributed by atoms with van der Waals surface area (Å²) in [4.78, 5) is 13.8. The summed E-state index contributed by atoms with van der Waals surface area (Å²) in [6.45, 7) is 6.00. The van der Waals surface area contributed by atoms with E-state index >= 15 is 0 Å². The van der Waals surface area contributed by atoms with Crippen LogP contribution >= 0.6 is 11.6 Å². The van der Waals surface area contributed by atoms with Crippen LogP contribution in [-0.2, 0) is 12.8 Å². The molecule has 0 radical (unpaired) electrons. The van der Waals surface area contributed by atoms with Gasteiger partial charge in [-0.25, -0.2) is 9.97 Å². The van der Waals surface area contributed by atoms with E-state index in [2.05, 4.69) is 27.1 Å². The normalized spacial score (nSPS) is 21.1. The van der Waals surface area contributed by atoms with Crippen LogP contribution in [0.25, 0.3) is 0 Å². The second-order valence-electron chi connectivity index (χ2n) is 5.28. The zero-order valence-electron chi connectivity index (χ0n) is 11.3. The van der Waals surface area contributed by atoms with Gasteiger partial charge in [-0.3, -0.25) is 0 Å². The van der Waals surface area contributed by atoms with E-state index in [1.807, 2.05) is 0 Å². The number of hydrogen-bond donors (Lipinski definition) is 1. The molecular formula is C13H20ClN5. The van der Waals surface area contributed by atoms with Crippen LogP contribution in [0, 0.1) is 0 Å². The first-order valence-electron chi connectivity index (χ1n) is 6.93. The molecule has 2 aliphatic heterocycles. The summed E-state index contributed by atoms with van der Waals surface area (Å²) in [7, 11) is 2.15. The third-order valence-electron chi connectivity index (χ3n) is 3.91. The molecule has 1 aromatic heterocycles. The number of nitrogens with zero attached hydrogens (tertiary/aromatic N) is 4. The predicted octanol–water partition coefficient (Wildman–Crippen LogP) is 0.570. The van der Waals surface area contributed by atoms with Crippen molar-refractivity contribution in [1.82, 2.24) is 20.2 Å². The number of piperazine rings is 1. The van der Waals surface area contributed by atoms with Crippen LogP contribution in [0.15, 0.2) is 0 Å². The fourth-order valence-corrected chi connectivity index (χ4v) is 2.91. The van der Waals surface area contributed by atoms with Crippen LogP contribution < -0.4 is 10.2 Å². The molecular weight excluding hydrogens is 262 g/mol. The van der Waals surface area contributed by atoms with Gasteiger partial charge in [0.15, 0.2) is 0 Å². The molecule has 0 unspecified atom stereocenters. The maximum atomic E-state index is 6.35. The fourth-order valence-electron chi connectivity index (χ4n) is 2.63. The molecule has 5 nitrogen and oxygen atoms in total. The van der Waals surface area contributed by atoms with E-state index in [1.54, 1.807) is 0 Å². The molecule has 0 aromatic carbocycles. The number of hydrogen-bond acceptors (Lipinski definition) is 5. The Morgan fingerprint density at radius 2 is 1.79 bits per heavy atom. The number of rotatable bonds is 1. The highest BCUT2D eigenvalue weighted by atomic mass is 35.5. The summed E-state index contributed by atoms with van der Waals surface area (Å²) in [5, 5.41) is 4.02. The highest BCUT2D eigenvalue weighted by Gasteiger charge is 2.20. The number of likely N-dealkylation sites (N-methyl/N-ethyl adjacent to an activating group) is 1. The third kappa shape index (κ3) is 2.83. The molecule has 19 heavy (non-hydrogen) atoms. The number of fused-ring (bicyclic) bond motifs is 1. The minimum atomic E-state index is 0.641. The van der Waals surface area contributed by atoms with E-state index in [0.29, 0.717) is 5.15 Å². The van der Waals surface area contributed by atoms with Crippen LogP contribution in [0.3, 0.4) is 0 Å². The van der Waals surface area contributed by atoms with E-state index < -0.39 is 0 Å². The van der Waals surface area contributed by atoms with E-state index in [9.17, 15) is 0 Å². The zero-order valence-corrected chi connectivity index (χ0v) is 12.1. The summed E-state index contributed by atoms with van der Waals surface area (Å²) in [5.41, 5.74) is 2.25. The lowest BCUT2D eigenvalue weighted by molar-refractivity contribution is 0.311. The molecule has 0 aliphatic carbocycles. The lowest BCUT2D eigenvalue weighted by Gasteiger charge is -2.32. The molecule has 0 spiro atoms. The van der Waals surface area contributed by atoms with Gasteiger partial charge in [-0.1, -0.05) is 11.6 Å². The Morgan fingerprint density at radius 3 is 2.58 bits per heavy atom. The van der Waals surface area contributed by atoms with Crippen molar-refractivity contribution in [2.24, 2.45) is 0 Å². The highest BCUT2D eigenvalue weighted by Crippen LogP contribution is 2.23. The second-order valence-corrected chi connectivity index (χ2v) is 5.64. The van der Waals surface area contributed by atoms with Gasteiger partial charge in [0.1, 0.15) is 5.15 Å². The van der Waals surface area contributed by atoms with Crippen molar-refractivity contribution in [3.05, 3.63) is 16.4 Å². The Bertz CT molecular complexity index is 457. The van der Waals surface area contributed by atoms with E-state index in [0.717, 1.165) is 69.3 Å². The predicted molar refractivity (Wildman–Crippen MR) is 77.0 cm³/mol. The standard InChI is InChI=1S/C13H20ClN5/c1-18-6-8-19(9-7-18)13-16-11-3-5-15-4-2-10(11)12(14)17-13/h15H,2-9H2,1H3. The first-order chi connectivity index (χ1) is 9.24. The minimum Gasteiger partial charge on any atom is -0.338 e. The zero-order chi connectivity index (χ0) is 13.2. The monoisotopic (exact) mass is 281 g/mol. The van der Waals surface area contributed by atoms with E-state index in [-0.39, 0.29) is 0 Å². The number of aromatic nitrogens is 2. The summed E-state index contributed by atoms with van der Waals surface area (Å²) in [5.74, 6) is 0.804. The third-order valence-corrected chi connectivity index (χ3v) is 4.22. The van der Waals surface area contributed by atoms with Crippen LogP contribution in [-0.4, -0.2) is 61.2 Å². The fraction of sp³-hybridized carbons (Fsp3) is 0.692. The molecule has 0 saturated carbocycles. The molecule has 1 aromatic rings. The van der Waals surface area contributed by atoms with Crippen molar-refractivity contribution in [3.63, 3.8) is 0 Å². The first-order valence-corrected chi connectivity index (χ1v) is 7.31. The van der Waals surface area contributed by atoms with Crippen molar-refractivity contribution >= 4 is 17.5 Å². The first kappa shape index (κ1) is 13.1. The smallest absolute Gasteiger partial charge is 0.227 e. The molecule has 0 bridgehead atoms. The van der Waals surface area contributed by atoms with Crippen molar-refractivity contribution < 1.29 is 0 Å². The van der Waals surface area contributed by atoms with Gasteiger partial charge >= 0.3 is 0 Å². The molecule has 3 heterocycles. The van der Waals surface area contributed by atoms with Gasteiger partial charge in [0.05, 0.1) is 5.69 Å². The van der Waals surface area contributed by atoms with Crippen LogP contribution in [0.5, 0.6) is 0 Å². The van der Waals surface area contributed by atoms with Crippen LogP contribution in [0.1, 0.15) is 11.3 Å². The molecule has 0 atom stereocenters. The Morgan fingerprint density at radius 1 is 1.05 bits per heavy atom. The highest BCUT2D eigenvalue weighted by molar-refractivity contribution is 6.30. The Hall–Kier alpha value is -0.910. The summed E-state index contributed by atoms with van der Waals surface area (Å²) in [6.07, 6.45) is 1.87. The maximum Gasteiger partial charge on any atom is 0.227 e. The van der Waals surface area contributed by atoms with Crippen molar-refractivity contribution in [1.29, 1.82) is 0 Å². The lowest BCUT2D eigenvalue weighted by atomic mass is 10.1. The molecule has 2 aliphatic rings. The Balaban J connectivity index is 1.86. The SMILES string of the molecule is CN1CCN(c2nc(Cl)c3c(n2)CCNCC3)CC1. The van der Waals surface area contributed by atoms with Crippen molar-refractivity contribution in [2.45, 2.75) is 12.8 Å². The molecule has 104 valence electrons. The van der Waals surface area contributed by atoms with Gasteiger partial charge in [0, 0.05) is 44.7 Å². The van der Waals surface area contributed by atoms with E-state index in [4.69, 9.17) is 16.6 Å². The molecule has 6 heteroatoms. The molecule has 0 amide bonds. The summed E-state index contributed by atoms with van der Waals surface area (Å²) >= 11 is 6.35. The van der Waals surface area contributed by atoms with Gasteiger partial charge in [-0.15, -0.1) is 0 Å². The second kappa shape index (κ2) is 5.61. The summed E-state index contributed by atoms with van der Waals surface area (Å²) in [6, 6.07) is 0. The average molecular weight is 282 g/mol. The number of halogens is 1. The molecule has 3 rings (SSSR count). The van der Waals surface area contributed by atoms with Crippen LogP contribution in [0.2, 0.25) is 5.15 Å². The minimum absolute atomic E-state index is 0.641. The average Bonchev–Trinajstić information content (AvgIpc) is 2.65. The molecule has 1 saturated heterocycles. The largest absolute Gasteiger partial charge is 0.338 e. The van der Waals surface area contributed by atoms with E-state index in [1.165, 1.54) is 0 Å².